The van der Waals surface area contributed by atoms with Crippen LogP contribution in [0.3, 0.4) is 0 Å². The van der Waals surface area contributed by atoms with E-state index in [0.717, 1.165) is 18.9 Å². The van der Waals surface area contributed by atoms with Gasteiger partial charge in [0, 0.05) is 29.9 Å². The number of urea groups is 1. The average Bonchev–Trinajstić information content (AvgIpc) is 3.13. The normalized spacial score (nSPS) is 33.1. The summed E-state index contributed by atoms with van der Waals surface area (Å²) in [5.74, 6) is 1.92. The van der Waals surface area contributed by atoms with Crippen molar-refractivity contribution in [3.63, 3.8) is 0 Å². The molecule has 3 saturated carbocycles. The van der Waals surface area contributed by atoms with E-state index in [4.69, 9.17) is 4.74 Å². The van der Waals surface area contributed by atoms with Crippen LogP contribution in [0.5, 0.6) is 0 Å². The number of aromatic nitrogens is 2. The number of hydrogen-bond donors (Lipinski definition) is 2. The zero-order valence-electron chi connectivity index (χ0n) is 13.8. The molecule has 128 valence electrons. The van der Waals surface area contributed by atoms with Crippen LogP contribution in [0, 0.1) is 11.3 Å². The molecule has 1 aromatic rings. The quantitative estimate of drug-likeness (QED) is 0.894. The van der Waals surface area contributed by atoms with E-state index in [1.54, 1.807) is 12.4 Å². The number of hydrogen-bond acceptors (Lipinski definition) is 4. The van der Waals surface area contributed by atoms with Crippen LogP contribution in [-0.4, -0.2) is 34.8 Å². The zero-order valence-corrected chi connectivity index (χ0v) is 13.8. The lowest BCUT2D eigenvalue weighted by atomic mass is 9.54. The van der Waals surface area contributed by atoms with Crippen molar-refractivity contribution in [1.82, 2.24) is 15.3 Å². The number of anilines is 1. The number of fused-ring (bicyclic) bond motifs is 2. The van der Waals surface area contributed by atoms with E-state index in [1.807, 2.05) is 0 Å². The molecular weight excluding hydrogens is 304 g/mol. The minimum atomic E-state index is -0.139. The fourth-order valence-corrected chi connectivity index (χ4v) is 5.17. The Kier molecular flexibility index (Phi) is 3.30. The molecule has 6 nitrogen and oxygen atoms in total. The molecule has 4 fully saturated rings. The Balaban J connectivity index is 1.24. The van der Waals surface area contributed by atoms with Gasteiger partial charge in [-0.3, -0.25) is 0 Å². The molecule has 24 heavy (non-hydrogen) atoms. The van der Waals surface area contributed by atoms with Gasteiger partial charge in [-0.25, -0.2) is 14.8 Å². The van der Waals surface area contributed by atoms with Crippen molar-refractivity contribution in [2.24, 2.45) is 11.3 Å². The molecule has 0 radical (unpaired) electrons. The molecule has 0 bridgehead atoms. The maximum Gasteiger partial charge on any atom is 0.319 e. The summed E-state index contributed by atoms with van der Waals surface area (Å²) in [5.41, 5.74) is 0.848. The monoisotopic (exact) mass is 328 g/mol. The number of carbonyl (C=O) groups excluding carboxylic acids is 1. The molecule has 0 aromatic carbocycles. The van der Waals surface area contributed by atoms with Gasteiger partial charge >= 0.3 is 6.03 Å². The molecule has 6 heteroatoms. The summed E-state index contributed by atoms with van der Waals surface area (Å²) >= 11 is 0. The standard InChI is InChI=1S/C18H24N4O2/c23-17(21-12-9-19-16(20-10-12)11-3-4-11)22-14-13-5-8-24-15(13)18(14)6-1-2-7-18/h9-11,13-15H,1-8H2,(H2,21,22,23)/t13-,14-,15-/m1/s1. The van der Waals surface area contributed by atoms with Crippen molar-refractivity contribution >= 4 is 11.7 Å². The molecule has 2 heterocycles. The second kappa shape index (κ2) is 5.41. The van der Waals surface area contributed by atoms with Gasteiger partial charge in [-0.15, -0.1) is 0 Å². The van der Waals surface area contributed by atoms with Gasteiger partial charge < -0.3 is 15.4 Å². The first-order valence-corrected chi connectivity index (χ1v) is 9.27. The topological polar surface area (TPSA) is 76.1 Å². The Morgan fingerprint density at radius 2 is 1.92 bits per heavy atom. The molecule has 1 spiro atoms. The molecule has 1 saturated heterocycles. The minimum Gasteiger partial charge on any atom is -0.377 e. The molecule has 1 aliphatic heterocycles. The summed E-state index contributed by atoms with van der Waals surface area (Å²) in [5, 5.41) is 6.13. The summed E-state index contributed by atoms with van der Waals surface area (Å²) in [6.07, 6.45) is 12.1. The number of carbonyl (C=O) groups is 1. The lowest BCUT2D eigenvalue weighted by molar-refractivity contribution is -0.125. The van der Waals surface area contributed by atoms with E-state index in [9.17, 15) is 4.79 Å². The third-order valence-corrected chi connectivity index (χ3v) is 6.44. The zero-order chi connectivity index (χ0) is 16.1. The van der Waals surface area contributed by atoms with Crippen LogP contribution in [0.2, 0.25) is 0 Å². The van der Waals surface area contributed by atoms with Crippen molar-refractivity contribution in [1.29, 1.82) is 0 Å². The Morgan fingerprint density at radius 1 is 1.17 bits per heavy atom. The van der Waals surface area contributed by atoms with Gasteiger partial charge in [0.1, 0.15) is 5.82 Å². The molecular formula is C18H24N4O2. The van der Waals surface area contributed by atoms with Crippen LogP contribution in [0.15, 0.2) is 12.4 Å². The van der Waals surface area contributed by atoms with E-state index in [2.05, 4.69) is 20.6 Å². The number of nitrogens with one attached hydrogen (secondary N) is 2. The predicted octanol–water partition coefficient (Wildman–Crippen LogP) is 2.82. The number of amides is 2. The number of nitrogens with zero attached hydrogens (tertiary/aromatic N) is 2. The minimum absolute atomic E-state index is 0.139. The van der Waals surface area contributed by atoms with Crippen LogP contribution in [-0.2, 0) is 4.74 Å². The van der Waals surface area contributed by atoms with Crippen molar-refractivity contribution < 1.29 is 9.53 Å². The smallest absolute Gasteiger partial charge is 0.319 e. The summed E-state index contributed by atoms with van der Waals surface area (Å²) in [7, 11) is 0. The Bertz CT molecular complexity index is 637. The van der Waals surface area contributed by atoms with Gasteiger partial charge in [0.15, 0.2) is 0 Å². The van der Waals surface area contributed by atoms with Crippen molar-refractivity contribution in [3.8, 4) is 0 Å². The van der Waals surface area contributed by atoms with Crippen molar-refractivity contribution in [2.75, 3.05) is 11.9 Å². The first-order valence-electron chi connectivity index (χ1n) is 9.27. The third-order valence-electron chi connectivity index (χ3n) is 6.44. The second-order valence-electron chi connectivity index (χ2n) is 7.86. The van der Waals surface area contributed by atoms with E-state index < -0.39 is 0 Å². The van der Waals surface area contributed by atoms with Crippen LogP contribution >= 0.6 is 0 Å². The van der Waals surface area contributed by atoms with E-state index >= 15 is 0 Å². The first kappa shape index (κ1) is 14.6. The number of ether oxygens (including phenoxy) is 1. The van der Waals surface area contributed by atoms with E-state index in [-0.39, 0.29) is 17.5 Å². The van der Waals surface area contributed by atoms with Gasteiger partial charge in [-0.05, 0) is 32.1 Å². The van der Waals surface area contributed by atoms with Gasteiger partial charge in [0.05, 0.1) is 24.2 Å². The molecule has 3 aliphatic carbocycles. The molecule has 2 amide bonds. The SMILES string of the molecule is O=C(Nc1cnc(C2CC2)nc1)N[C@@H]1[C@H]2CCO[C@H]2C12CCCC2. The molecule has 4 aliphatic rings. The predicted molar refractivity (Wildman–Crippen MR) is 88.7 cm³/mol. The molecule has 5 rings (SSSR count). The van der Waals surface area contributed by atoms with E-state index in [1.165, 1.54) is 38.5 Å². The highest BCUT2D eigenvalue weighted by Gasteiger charge is 2.65. The Hall–Kier alpha value is -1.69. The third kappa shape index (κ3) is 2.23. The lowest BCUT2D eigenvalue weighted by Crippen LogP contribution is -2.68. The highest BCUT2D eigenvalue weighted by Crippen LogP contribution is 2.60. The van der Waals surface area contributed by atoms with Crippen LogP contribution in [0.25, 0.3) is 0 Å². The Morgan fingerprint density at radius 3 is 2.62 bits per heavy atom. The fourth-order valence-electron chi connectivity index (χ4n) is 5.17. The van der Waals surface area contributed by atoms with Crippen LogP contribution in [0.4, 0.5) is 10.5 Å². The highest BCUT2D eigenvalue weighted by molar-refractivity contribution is 5.89. The van der Waals surface area contributed by atoms with Crippen LogP contribution < -0.4 is 10.6 Å². The molecule has 3 atom stereocenters. The molecule has 1 aromatic heterocycles. The van der Waals surface area contributed by atoms with Gasteiger partial charge in [0.2, 0.25) is 0 Å². The van der Waals surface area contributed by atoms with Crippen molar-refractivity contribution in [2.45, 2.75) is 63.0 Å². The second-order valence-corrected chi connectivity index (χ2v) is 7.86. The van der Waals surface area contributed by atoms with Crippen LogP contribution in [0.1, 0.15) is 56.7 Å². The van der Waals surface area contributed by atoms with E-state index in [0.29, 0.717) is 23.6 Å². The largest absolute Gasteiger partial charge is 0.377 e. The maximum atomic E-state index is 12.5. The van der Waals surface area contributed by atoms with Gasteiger partial charge in [0.25, 0.3) is 0 Å². The number of rotatable bonds is 3. The molecule has 0 unspecified atom stereocenters. The van der Waals surface area contributed by atoms with Gasteiger partial charge in [-0.2, -0.15) is 0 Å². The Labute approximate surface area is 141 Å². The average molecular weight is 328 g/mol. The summed E-state index contributed by atoms with van der Waals surface area (Å²) < 4.78 is 5.97. The first-order chi connectivity index (χ1) is 11.8. The van der Waals surface area contributed by atoms with Gasteiger partial charge in [-0.1, -0.05) is 12.8 Å². The highest BCUT2D eigenvalue weighted by atomic mass is 16.5. The molecule has 2 N–H and O–H groups in total. The summed E-state index contributed by atoms with van der Waals surface area (Å²) in [6, 6.07) is 0.110. The fraction of sp³-hybridized carbons (Fsp3) is 0.722. The maximum absolute atomic E-state index is 12.5. The summed E-state index contributed by atoms with van der Waals surface area (Å²) in [4.78, 5) is 21.2. The summed E-state index contributed by atoms with van der Waals surface area (Å²) in [6.45, 7) is 0.841. The van der Waals surface area contributed by atoms with Crippen molar-refractivity contribution in [3.05, 3.63) is 18.2 Å². The lowest BCUT2D eigenvalue weighted by Gasteiger charge is -2.56.